The number of halogens is 2. The summed E-state index contributed by atoms with van der Waals surface area (Å²) < 4.78 is 0. The van der Waals surface area contributed by atoms with Crippen LogP contribution in [0.15, 0.2) is 11.4 Å². The Morgan fingerprint density at radius 3 is 2.94 bits per heavy atom. The van der Waals surface area contributed by atoms with Gasteiger partial charge in [-0.2, -0.15) is 0 Å². The van der Waals surface area contributed by atoms with Crippen molar-refractivity contribution >= 4 is 41.3 Å². The van der Waals surface area contributed by atoms with Gasteiger partial charge in [-0.25, -0.2) is 0 Å². The molecule has 6 heteroatoms. The number of piperidine rings is 1. The van der Waals surface area contributed by atoms with Crippen LogP contribution in [0.5, 0.6) is 0 Å². The lowest BCUT2D eigenvalue weighted by Gasteiger charge is -2.39. The van der Waals surface area contributed by atoms with E-state index in [1.807, 2.05) is 10.3 Å². The summed E-state index contributed by atoms with van der Waals surface area (Å²) in [6.45, 7) is 3.47. The van der Waals surface area contributed by atoms with Crippen molar-refractivity contribution in [1.82, 2.24) is 4.90 Å². The number of thiophene rings is 1. The summed E-state index contributed by atoms with van der Waals surface area (Å²) in [6.07, 6.45) is 2.19. The molecule has 1 fully saturated rings. The Morgan fingerprint density at radius 1 is 1.67 bits per heavy atom. The molecule has 1 saturated heterocycles. The highest BCUT2D eigenvalue weighted by Gasteiger charge is 2.32. The number of nitrogens with two attached hydrogens (primary N) is 1. The van der Waals surface area contributed by atoms with Crippen molar-refractivity contribution in [3.8, 4) is 0 Å². The first-order valence-corrected chi connectivity index (χ1v) is 7.15. The zero-order valence-corrected chi connectivity index (χ0v) is 12.7. The smallest absolute Gasteiger partial charge is 0.265 e. The summed E-state index contributed by atoms with van der Waals surface area (Å²) in [4.78, 5) is 14.9. The lowest BCUT2D eigenvalue weighted by atomic mass is 9.90. The molecule has 18 heavy (non-hydrogen) atoms. The molecule has 2 atom stereocenters. The van der Waals surface area contributed by atoms with Crippen molar-refractivity contribution in [2.75, 3.05) is 13.1 Å². The second kappa shape index (κ2) is 6.75. The van der Waals surface area contributed by atoms with Crippen LogP contribution in [-0.4, -0.2) is 29.9 Å². The van der Waals surface area contributed by atoms with Gasteiger partial charge in [0.15, 0.2) is 0 Å². The van der Waals surface area contributed by atoms with Gasteiger partial charge in [-0.15, -0.1) is 23.7 Å². The molecule has 0 radical (unpaired) electrons. The summed E-state index contributed by atoms with van der Waals surface area (Å²) >= 11 is 7.41. The van der Waals surface area contributed by atoms with Crippen LogP contribution < -0.4 is 5.73 Å². The van der Waals surface area contributed by atoms with Crippen molar-refractivity contribution in [1.29, 1.82) is 0 Å². The highest BCUT2D eigenvalue weighted by Crippen LogP contribution is 2.28. The molecule has 2 N–H and O–H groups in total. The van der Waals surface area contributed by atoms with E-state index < -0.39 is 0 Å². The van der Waals surface area contributed by atoms with Gasteiger partial charge in [-0.3, -0.25) is 4.79 Å². The fourth-order valence-electron chi connectivity index (χ4n) is 2.44. The van der Waals surface area contributed by atoms with E-state index in [-0.39, 0.29) is 24.4 Å². The molecule has 1 aromatic heterocycles. The molecule has 0 bridgehead atoms. The summed E-state index contributed by atoms with van der Waals surface area (Å²) in [7, 11) is 0. The topological polar surface area (TPSA) is 46.3 Å². The minimum atomic E-state index is 0. The van der Waals surface area contributed by atoms with E-state index in [4.69, 9.17) is 17.3 Å². The lowest BCUT2D eigenvalue weighted by molar-refractivity contribution is 0.0537. The molecule has 1 aromatic rings. The van der Waals surface area contributed by atoms with Crippen LogP contribution in [0.1, 0.15) is 29.4 Å². The Labute approximate surface area is 123 Å². The van der Waals surface area contributed by atoms with Crippen LogP contribution >= 0.6 is 35.3 Å². The summed E-state index contributed by atoms with van der Waals surface area (Å²) in [5, 5.41) is 2.40. The minimum absolute atomic E-state index is 0. The molecule has 2 heterocycles. The SMILES string of the molecule is CC1CCCN(C(=O)c2sccc2Cl)C1CN.Cl. The maximum atomic E-state index is 12.4. The van der Waals surface area contributed by atoms with Gasteiger partial charge in [0.2, 0.25) is 0 Å². The molecule has 0 saturated carbocycles. The Morgan fingerprint density at radius 2 is 2.39 bits per heavy atom. The highest BCUT2D eigenvalue weighted by atomic mass is 35.5. The van der Waals surface area contributed by atoms with Gasteiger partial charge in [0.25, 0.3) is 5.91 Å². The molecule has 1 aliphatic rings. The first-order valence-electron chi connectivity index (χ1n) is 5.89. The van der Waals surface area contributed by atoms with Crippen molar-refractivity contribution in [2.24, 2.45) is 11.7 Å². The second-order valence-corrected chi connectivity index (χ2v) is 5.84. The number of hydrogen-bond acceptors (Lipinski definition) is 3. The Bertz CT molecular complexity index is 411. The molecule has 3 nitrogen and oxygen atoms in total. The molecule has 2 rings (SSSR count). The predicted molar refractivity (Wildman–Crippen MR) is 78.9 cm³/mol. The van der Waals surface area contributed by atoms with Crippen LogP contribution in [0.25, 0.3) is 0 Å². The first-order chi connectivity index (χ1) is 8.15. The third kappa shape index (κ3) is 2.99. The molecule has 0 spiro atoms. The van der Waals surface area contributed by atoms with Crippen molar-refractivity contribution < 1.29 is 4.79 Å². The molecular weight excluding hydrogens is 291 g/mol. The zero-order chi connectivity index (χ0) is 12.4. The van der Waals surface area contributed by atoms with Crippen LogP contribution in [0.2, 0.25) is 5.02 Å². The van der Waals surface area contributed by atoms with Gasteiger partial charge in [-0.05, 0) is 30.2 Å². The number of hydrogen-bond donors (Lipinski definition) is 1. The minimum Gasteiger partial charge on any atom is -0.333 e. The fourth-order valence-corrected chi connectivity index (χ4v) is 3.53. The van der Waals surface area contributed by atoms with Crippen LogP contribution in [0, 0.1) is 5.92 Å². The Balaban J connectivity index is 0.00000162. The Kier molecular flexibility index (Phi) is 5.92. The maximum Gasteiger partial charge on any atom is 0.265 e. The van der Waals surface area contributed by atoms with Gasteiger partial charge < -0.3 is 10.6 Å². The van der Waals surface area contributed by atoms with Gasteiger partial charge in [0.05, 0.1) is 5.02 Å². The van der Waals surface area contributed by atoms with E-state index in [9.17, 15) is 4.79 Å². The van der Waals surface area contributed by atoms with E-state index in [2.05, 4.69) is 6.92 Å². The Hall–Kier alpha value is -0.290. The lowest BCUT2D eigenvalue weighted by Crippen LogP contribution is -2.51. The monoisotopic (exact) mass is 308 g/mol. The number of carbonyl (C=O) groups excluding carboxylic acids is 1. The van der Waals surface area contributed by atoms with Crippen LogP contribution in [0.4, 0.5) is 0 Å². The normalized spacial score (nSPS) is 23.6. The highest BCUT2D eigenvalue weighted by molar-refractivity contribution is 7.12. The summed E-state index contributed by atoms with van der Waals surface area (Å²) in [6, 6.07) is 1.92. The van der Waals surface area contributed by atoms with Crippen molar-refractivity contribution in [3.05, 3.63) is 21.3 Å². The zero-order valence-electron chi connectivity index (χ0n) is 10.3. The number of likely N-dealkylation sites (tertiary alicyclic amines) is 1. The van der Waals surface area contributed by atoms with Crippen molar-refractivity contribution in [2.45, 2.75) is 25.8 Å². The molecular formula is C12H18Cl2N2OS. The number of carbonyl (C=O) groups is 1. The second-order valence-electron chi connectivity index (χ2n) is 4.52. The largest absolute Gasteiger partial charge is 0.333 e. The third-order valence-electron chi connectivity index (χ3n) is 3.43. The number of nitrogens with zero attached hydrogens (tertiary/aromatic N) is 1. The molecule has 2 unspecified atom stereocenters. The average Bonchev–Trinajstić information content (AvgIpc) is 2.74. The van der Waals surface area contributed by atoms with Gasteiger partial charge in [0.1, 0.15) is 4.88 Å². The standard InChI is InChI=1S/C12H17ClN2OS.ClH/c1-8-3-2-5-15(10(8)7-14)12(16)11-9(13)4-6-17-11;/h4,6,8,10H,2-3,5,7,14H2,1H3;1H. The predicted octanol–water partition coefficient (Wildman–Crippen LogP) is 3.02. The van der Waals surface area contributed by atoms with E-state index in [1.165, 1.54) is 11.3 Å². The van der Waals surface area contributed by atoms with Gasteiger partial charge >= 0.3 is 0 Å². The quantitative estimate of drug-likeness (QED) is 0.913. The van der Waals surface area contributed by atoms with Crippen molar-refractivity contribution in [3.63, 3.8) is 0 Å². The maximum absolute atomic E-state index is 12.4. The van der Waals surface area contributed by atoms with E-state index in [0.717, 1.165) is 19.4 Å². The molecule has 102 valence electrons. The molecule has 1 aliphatic heterocycles. The summed E-state index contributed by atoms with van der Waals surface area (Å²) in [5.41, 5.74) is 5.79. The average molecular weight is 309 g/mol. The van der Waals surface area contributed by atoms with Gasteiger partial charge in [0, 0.05) is 19.1 Å². The van der Waals surface area contributed by atoms with E-state index >= 15 is 0 Å². The molecule has 0 aliphatic carbocycles. The number of amides is 1. The fraction of sp³-hybridized carbons (Fsp3) is 0.583. The van der Waals surface area contributed by atoms with Gasteiger partial charge in [-0.1, -0.05) is 18.5 Å². The third-order valence-corrected chi connectivity index (χ3v) is 4.76. The van der Waals surface area contributed by atoms with E-state index in [0.29, 0.717) is 22.4 Å². The van der Waals surface area contributed by atoms with Crippen LogP contribution in [0.3, 0.4) is 0 Å². The molecule has 1 amide bonds. The summed E-state index contributed by atoms with van der Waals surface area (Å²) in [5.74, 6) is 0.503. The number of rotatable bonds is 2. The van der Waals surface area contributed by atoms with E-state index in [1.54, 1.807) is 6.07 Å². The molecule has 0 aromatic carbocycles. The first kappa shape index (κ1) is 15.8. The van der Waals surface area contributed by atoms with Crippen LogP contribution in [-0.2, 0) is 0 Å².